The average Bonchev–Trinajstić information content (AvgIpc) is 3.44. The van der Waals surface area contributed by atoms with Crippen LogP contribution in [0.25, 0.3) is 0 Å². The molecule has 2 aromatic rings. The number of nitrogens with one attached hydrogen (secondary N) is 3. The summed E-state index contributed by atoms with van der Waals surface area (Å²) in [4.78, 5) is 73.2. The largest absolute Gasteiger partial charge is 0.524 e. The molecule has 2 fully saturated rings. The second kappa shape index (κ2) is 16.2. The van der Waals surface area contributed by atoms with E-state index in [4.69, 9.17) is 15.5 Å². The molecule has 0 saturated carbocycles. The molecule has 7 N–H and O–H groups in total. The van der Waals surface area contributed by atoms with E-state index in [0.717, 1.165) is 24.8 Å². The van der Waals surface area contributed by atoms with Crippen LogP contribution in [0.1, 0.15) is 69.4 Å². The smallest absolute Gasteiger partial charge is 0.404 e. The number of phosphoric ester groups is 1. The zero-order chi connectivity index (χ0) is 33.3. The molecule has 0 spiro atoms. The number of benzene rings is 2. The van der Waals surface area contributed by atoms with E-state index in [1.807, 2.05) is 37.3 Å². The van der Waals surface area contributed by atoms with Gasteiger partial charge >= 0.3 is 7.82 Å². The number of hydrogen-bond acceptors (Lipinski definition) is 7. The number of nitrogens with zero attached hydrogens (tertiary/aromatic N) is 1. The van der Waals surface area contributed by atoms with Crippen LogP contribution < -0.4 is 26.2 Å². The molecular formula is C32H44N5O8P. The van der Waals surface area contributed by atoms with Gasteiger partial charge in [0, 0.05) is 12.6 Å². The van der Waals surface area contributed by atoms with Crippen molar-refractivity contribution in [1.82, 2.24) is 20.9 Å². The number of nitrogens with two attached hydrogens (primary N) is 1. The van der Waals surface area contributed by atoms with Crippen molar-refractivity contribution in [3.63, 3.8) is 0 Å². The minimum atomic E-state index is -4.69. The van der Waals surface area contributed by atoms with Gasteiger partial charge in [0.1, 0.15) is 23.9 Å². The number of fused-ring (bicyclic) bond motifs is 1. The minimum absolute atomic E-state index is 0.0252. The van der Waals surface area contributed by atoms with E-state index in [9.17, 15) is 23.7 Å². The zero-order valence-corrected chi connectivity index (χ0v) is 26.9. The van der Waals surface area contributed by atoms with Crippen LogP contribution in [0.4, 0.5) is 0 Å². The SMILES string of the molecule is CCC[C@H](NC(=O)[C@@H]1CCC2CCCC[C@H](NC(=O)[C@@H](N)Cc3ccc(OP(=O)(O)O)cc3)C(=O)N21)C(=O)NCc1ccccc1. The fourth-order valence-electron chi connectivity index (χ4n) is 6.11. The Balaban J connectivity index is 1.38. The highest BCUT2D eigenvalue weighted by atomic mass is 31.2. The van der Waals surface area contributed by atoms with E-state index < -0.39 is 37.9 Å². The monoisotopic (exact) mass is 657 g/mol. The van der Waals surface area contributed by atoms with Crippen LogP contribution in [0.2, 0.25) is 0 Å². The highest BCUT2D eigenvalue weighted by molar-refractivity contribution is 7.46. The summed E-state index contributed by atoms with van der Waals surface area (Å²) in [7, 11) is -4.69. The fraction of sp³-hybridized carbons (Fsp3) is 0.500. The molecule has 2 aromatic carbocycles. The Kier molecular flexibility index (Phi) is 12.3. The van der Waals surface area contributed by atoms with Gasteiger partial charge in [0.2, 0.25) is 23.6 Å². The number of carbonyl (C=O) groups is 4. The lowest BCUT2D eigenvalue weighted by molar-refractivity contribution is -0.145. The Labute approximate surface area is 268 Å². The number of hydrogen-bond donors (Lipinski definition) is 6. The molecule has 2 aliphatic rings. The first-order valence-electron chi connectivity index (χ1n) is 15.8. The minimum Gasteiger partial charge on any atom is -0.404 e. The predicted octanol–water partition coefficient (Wildman–Crippen LogP) is 2.05. The summed E-state index contributed by atoms with van der Waals surface area (Å²) >= 11 is 0. The summed E-state index contributed by atoms with van der Waals surface area (Å²) in [5, 5.41) is 8.60. The van der Waals surface area contributed by atoms with Gasteiger partial charge in [-0.05, 0) is 61.8 Å². The van der Waals surface area contributed by atoms with Crippen molar-refractivity contribution in [3.8, 4) is 5.75 Å². The van der Waals surface area contributed by atoms with Crippen LogP contribution in [-0.4, -0.2) is 68.5 Å². The highest BCUT2D eigenvalue weighted by Crippen LogP contribution is 2.37. The van der Waals surface area contributed by atoms with E-state index in [1.54, 1.807) is 17.0 Å². The molecule has 46 heavy (non-hydrogen) atoms. The van der Waals surface area contributed by atoms with E-state index in [0.29, 0.717) is 44.2 Å². The van der Waals surface area contributed by atoms with Gasteiger partial charge in [0.15, 0.2) is 0 Å². The standard InChI is InChI=1S/C32H44N5O8P/c1-2-8-26(30(39)34-20-22-9-4-3-5-10-22)35-31(40)28-18-15-23-11-6-7-12-27(32(41)37(23)28)36-29(38)25(33)19-21-13-16-24(17-14-21)45-46(42,43)44/h3-5,9-10,13-14,16-17,23,25-28H,2,6-8,11-12,15,18-20,33H2,1H3,(H,34,39)(H,35,40)(H,36,38)(H2,42,43,44)/t23?,25-,26-,27-,28-/m0/s1. The zero-order valence-electron chi connectivity index (χ0n) is 26.0. The van der Waals surface area contributed by atoms with Crippen LogP contribution in [0.5, 0.6) is 5.75 Å². The molecule has 13 nitrogen and oxygen atoms in total. The van der Waals surface area contributed by atoms with Crippen molar-refractivity contribution in [3.05, 3.63) is 65.7 Å². The summed E-state index contributed by atoms with van der Waals surface area (Å²) in [6, 6.07) is 11.9. The maximum atomic E-state index is 13.9. The first kappa shape index (κ1) is 35.1. The molecule has 14 heteroatoms. The topological polar surface area (TPSA) is 200 Å². The predicted molar refractivity (Wildman–Crippen MR) is 170 cm³/mol. The van der Waals surface area contributed by atoms with Crippen molar-refractivity contribution < 1.29 is 38.1 Å². The van der Waals surface area contributed by atoms with E-state index in [1.165, 1.54) is 12.1 Å². The molecule has 2 aliphatic heterocycles. The Bertz CT molecular complexity index is 1400. The van der Waals surface area contributed by atoms with Crippen molar-refractivity contribution in [2.75, 3.05) is 0 Å². The van der Waals surface area contributed by atoms with Crippen LogP contribution in [0, 0.1) is 0 Å². The third kappa shape index (κ3) is 9.86. The number of rotatable bonds is 13. The third-order valence-corrected chi connectivity index (χ3v) is 8.86. The maximum Gasteiger partial charge on any atom is 0.524 e. The molecule has 1 unspecified atom stereocenters. The molecule has 2 heterocycles. The van der Waals surface area contributed by atoms with E-state index in [2.05, 4.69) is 20.5 Å². The van der Waals surface area contributed by atoms with Crippen LogP contribution in [-0.2, 0) is 36.7 Å². The average molecular weight is 658 g/mol. The lowest BCUT2D eigenvalue weighted by Crippen LogP contribution is -2.59. The normalized spacial score (nSPS) is 21.3. The summed E-state index contributed by atoms with van der Waals surface area (Å²) in [5.41, 5.74) is 7.76. The van der Waals surface area contributed by atoms with Crippen LogP contribution >= 0.6 is 7.82 Å². The number of phosphoric acid groups is 1. The quantitative estimate of drug-likeness (QED) is 0.175. The molecule has 4 amide bonds. The molecule has 2 saturated heterocycles. The second-order valence-corrected chi connectivity index (χ2v) is 13.1. The summed E-state index contributed by atoms with van der Waals surface area (Å²) in [5.74, 6) is -1.54. The van der Waals surface area contributed by atoms with Gasteiger partial charge in [0.05, 0.1) is 6.04 Å². The van der Waals surface area contributed by atoms with E-state index >= 15 is 0 Å². The van der Waals surface area contributed by atoms with Crippen LogP contribution in [0.3, 0.4) is 0 Å². The van der Waals surface area contributed by atoms with Gasteiger partial charge in [-0.25, -0.2) is 4.57 Å². The first-order valence-corrected chi connectivity index (χ1v) is 17.3. The molecule has 0 bridgehead atoms. The Morgan fingerprint density at radius 3 is 2.35 bits per heavy atom. The summed E-state index contributed by atoms with van der Waals surface area (Å²) in [6.45, 7) is 2.27. The number of carbonyl (C=O) groups excluding carboxylic acids is 4. The number of amides is 4. The lowest BCUT2D eigenvalue weighted by atomic mass is 9.98. The van der Waals surface area contributed by atoms with Crippen molar-refractivity contribution >= 4 is 31.5 Å². The van der Waals surface area contributed by atoms with Crippen molar-refractivity contribution in [2.45, 2.75) is 101 Å². The Morgan fingerprint density at radius 1 is 0.978 bits per heavy atom. The Hall–Kier alpha value is -3.77. The van der Waals surface area contributed by atoms with Crippen molar-refractivity contribution in [2.24, 2.45) is 5.73 Å². The Morgan fingerprint density at radius 2 is 1.67 bits per heavy atom. The molecule has 0 aliphatic carbocycles. The first-order chi connectivity index (χ1) is 21.9. The summed E-state index contributed by atoms with van der Waals surface area (Å²) < 4.78 is 15.6. The maximum absolute atomic E-state index is 13.9. The van der Waals surface area contributed by atoms with Gasteiger partial charge in [-0.1, -0.05) is 68.7 Å². The molecular weight excluding hydrogens is 613 g/mol. The molecule has 5 atom stereocenters. The second-order valence-electron chi connectivity index (χ2n) is 11.9. The molecule has 0 aromatic heterocycles. The summed E-state index contributed by atoms with van der Waals surface area (Å²) in [6.07, 6.45) is 5.10. The van der Waals surface area contributed by atoms with Gasteiger partial charge in [0.25, 0.3) is 0 Å². The van der Waals surface area contributed by atoms with E-state index in [-0.39, 0.29) is 35.9 Å². The van der Waals surface area contributed by atoms with Crippen LogP contribution in [0.15, 0.2) is 54.6 Å². The van der Waals surface area contributed by atoms with Gasteiger partial charge in [-0.2, -0.15) is 0 Å². The lowest BCUT2D eigenvalue weighted by Gasteiger charge is -2.36. The fourth-order valence-corrected chi connectivity index (χ4v) is 6.50. The third-order valence-electron chi connectivity index (χ3n) is 8.41. The molecule has 4 rings (SSSR count). The highest BCUT2D eigenvalue weighted by Gasteiger charge is 2.44. The van der Waals surface area contributed by atoms with Crippen molar-refractivity contribution in [1.29, 1.82) is 0 Å². The molecule has 0 radical (unpaired) electrons. The van der Waals surface area contributed by atoms with Gasteiger partial charge in [-0.15, -0.1) is 0 Å². The van der Waals surface area contributed by atoms with Gasteiger partial charge in [-0.3, -0.25) is 29.0 Å². The molecule has 250 valence electrons. The van der Waals surface area contributed by atoms with Gasteiger partial charge < -0.3 is 31.1 Å².